The van der Waals surface area contributed by atoms with Crippen molar-refractivity contribution in [1.29, 1.82) is 0 Å². The highest BCUT2D eigenvalue weighted by atomic mass is 16.5. The zero-order chi connectivity index (χ0) is 11.1. The highest BCUT2D eigenvalue weighted by Gasteiger charge is 2.04. The van der Waals surface area contributed by atoms with Crippen molar-refractivity contribution in [3.05, 3.63) is 18.3 Å². The number of ether oxygens (including phenoxy) is 2. The Morgan fingerprint density at radius 1 is 1.40 bits per heavy atom. The molecule has 1 aromatic rings. The second-order valence-electron chi connectivity index (χ2n) is 2.90. The van der Waals surface area contributed by atoms with Gasteiger partial charge in [0, 0.05) is 7.11 Å². The number of hydrogen-bond acceptors (Lipinski definition) is 5. The summed E-state index contributed by atoms with van der Waals surface area (Å²) in [6, 6.07) is 3.68. The van der Waals surface area contributed by atoms with Gasteiger partial charge in [0.2, 0.25) is 0 Å². The minimum atomic E-state index is -0.226. The number of hydrogen-bond donors (Lipinski definition) is 2. The van der Waals surface area contributed by atoms with Crippen LogP contribution >= 0.6 is 0 Å². The molecule has 0 aromatic carbocycles. The van der Waals surface area contributed by atoms with Gasteiger partial charge in [-0.15, -0.1) is 0 Å². The van der Waals surface area contributed by atoms with Crippen LogP contribution in [0.25, 0.3) is 0 Å². The molecule has 1 atom stereocenters. The molecule has 0 saturated heterocycles. The Morgan fingerprint density at radius 2 is 2.20 bits per heavy atom. The van der Waals surface area contributed by atoms with Gasteiger partial charge in [0.05, 0.1) is 13.3 Å². The number of nitrogens with one attached hydrogen (secondary N) is 2. The maximum absolute atomic E-state index is 5.16. The lowest BCUT2D eigenvalue weighted by atomic mass is 10.4. The average molecular weight is 211 g/mol. The molecule has 5 heteroatoms. The van der Waals surface area contributed by atoms with Crippen LogP contribution in [0.2, 0.25) is 0 Å². The molecule has 1 heterocycles. The first-order chi connectivity index (χ1) is 7.30. The van der Waals surface area contributed by atoms with E-state index in [9.17, 15) is 0 Å². The minimum Gasteiger partial charge on any atom is -0.495 e. The van der Waals surface area contributed by atoms with Gasteiger partial charge in [-0.25, -0.2) is 4.98 Å². The third-order valence-electron chi connectivity index (χ3n) is 1.88. The van der Waals surface area contributed by atoms with Crippen molar-refractivity contribution >= 4 is 5.82 Å². The van der Waals surface area contributed by atoms with E-state index in [1.807, 2.05) is 19.1 Å². The monoisotopic (exact) mass is 211 g/mol. The summed E-state index contributed by atoms with van der Waals surface area (Å²) in [6.07, 6.45) is 1.43. The first-order valence-electron chi connectivity index (χ1n) is 4.83. The van der Waals surface area contributed by atoms with E-state index >= 15 is 0 Å². The van der Waals surface area contributed by atoms with Gasteiger partial charge in [-0.3, -0.25) is 5.32 Å². The van der Waals surface area contributed by atoms with Gasteiger partial charge in [-0.2, -0.15) is 0 Å². The predicted octanol–water partition coefficient (Wildman–Crippen LogP) is 1.04. The van der Waals surface area contributed by atoms with Crippen LogP contribution in [0.15, 0.2) is 18.3 Å². The van der Waals surface area contributed by atoms with Crippen LogP contribution in [-0.4, -0.2) is 32.1 Å². The first-order valence-corrected chi connectivity index (χ1v) is 4.83. The molecule has 0 radical (unpaired) electrons. The van der Waals surface area contributed by atoms with Gasteiger partial charge in [0.25, 0.3) is 0 Å². The van der Waals surface area contributed by atoms with Crippen molar-refractivity contribution < 1.29 is 9.47 Å². The van der Waals surface area contributed by atoms with Crippen LogP contribution < -0.4 is 15.4 Å². The second kappa shape index (κ2) is 6.21. The molecule has 1 rings (SSSR count). The third kappa shape index (κ3) is 3.73. The van der Waals surface area contributed by atoms with Gasteiger partial charge in [0.15, 0.2) is 6.35 Å². The van der Waals surface area contributed by atoms with Crippen LogP contribution in [0.4, 0.5) is 5.82 Å². The molecule has 1 aromatic heterocycles. The highest BCUT2D eigenvalue weighted by molar-refractivity contribution is 5.37. The van der Waals surface area contributed by atoms with Crippen molar-refractivity contribution in [3.63, 3.8) is 0 Å². The van der Waals surface area contributed by atoms with E-state index in [-0.39, 0.29) is 6.35 Å². The Hall–Kier alpha value is -1.33. The summed E-state index contributed by atoms with van der Waals surface area (Å²) in [7, 11) is 3.24. The molecule has 15 heavy (non-hydrogen) atoms. The largest absolute Gasteiger partial charge is 0.495 e. The van der Waals surface area contributed by atoms with Crippen LogP contribution in [0, 0.1) is 0 Å². The van der Waals surface area contributed by atoms with E-state index in [4.69, 9.17) is 9.47 Å². The van der Waals surface area contributed by atoms with Crippen molar-refractivity contribution in [2.24, 2.45) is 0 Å². The molecule has 0 spiro atoms. The Kier molecular flexibility index (Phi) is 4.86. The molecule has 5 nitrogen and oxygen atoms in total. The number of nitrogens with zero attached hydrogens (tertiary/aromatic N) is 1. The number of rotatable bonds is 6. The van der Waals surface area contributed by atoms with Gasteiger partial charge in [-0.05, 0) is 18.7 Å². The molecular weight excluding hydrogens is 194 g/mol. The van der Waals surface area contributed by atoms with E-state index in [1.54, 1.807) is 20.4 Å². The summed E-state index contributed by atoms with van der Waals surface area (Å²) in [5.41, 5.74) is 0. The molecule has 0 aliphatic rings. The Bertz CT molecular complexity index is 277. The molecule has 0 bridgehead atoms. The molecule has 1 unspecified atom stereocenters. The minimum absolute atomic E-state index is 0.226. The molecule has 0 aliphatic heterocycles. The normalized spacial score (nSPS) is 12.2. The zero-order valence-corrected chi connectivity index (χ0v) is 9.28. The van der Waals surface area contributed by atoms with Crippen molar-refractivity contribution in [2.45, 2.75) is 13.3 Å². The molecule has 0 fully saturated rings. The Morgan fingerprint density at radius 3 is 2.67 bits per heavy atom. The quantitative estimate of drug-likeness (QED) is 0.689. The summed E-state index contributed by atoms with van der Waals surface area (Å²) >= 11 is 0. The van der Waals surface area contributed by atoms with Gasteiger partial charge in [0.1, 0.15) is 11.6 Å². The summed E-state index contributed by atoms with van der Waals surface area (Å²) in [5.74, 6) is 1.47. The lowest BCUT2D eigenvalue weighted by Gasteiger charge is -2.17. The molecule has 0 saturated carbocycles. The van der Waals surface area contributed by atoms with E-state index in [1.165, 1.54) is 0 Å². The van der Waals surface area contributed by atoms with Gasteiger partial charge < -0.3 is 14.8 Å². The van der Waals surface area contributed by atoms with E-state index in [0.29, 0.717) is 0 Å². The second-order valence-corrected chi connectivity index (χ2v) is 2.90. The van der Waals surface area contributed by atoms with Crippen LogP contribution in [0.3, 0.4) is 0 Å². The van der Waals surface area contributed by atoms with Gasteiger partial charge >= 0.3 is 0 Å². The molecule has 84 valence electrons. The number of anilines is 1. The fourth-order valence-corrected chi connectivity index (χ4v) is 1.10. The Balaban J connectivity index is 2.55. The fraction of sp³-hybridized carbons (Fsp3) is 0.500. The maximum atomic E-state index is 5.16. The third-order valence-corrected chi connectivity index (χ3v) is 1.88. The average Bonchev–Trinajstić information content (AvgIpc) is 2.29. The highest BCUT2D eigenvalue weighted by Crippen LogP contribution is 2.11. The van der Waals surface area contributed by atoms with Crippen LogP contribution in [-0.2, 0) is 4.74 Å². The first kappa shape index (κ1) is 11.7. The van der Waals surface area contributed by atoms with Crippen molar-refractivity contribution in [3.8, 4) is 5.75 Å². The lowest BCUT2D eigenvalue weighted by Crippen LogP contribution is -2.37. The van der Waals surface area contributed by atoms with Gasteiger partial charge in [-0.1, -0.05) is 6.92 Å². The number of pyridine rings is 1. The summed E-state index contributed by atoms with van der Waals surface area (Å²) < 4.78 is 10.2. The Labute approximate surface area is 89.8 Å². The molecule has 0 amide bonds. The number of methoxy groups -OCH3 is 2. The maximum Gasteiger partial charge on any atom is 0.184 e. The van der Waals surface area contributed by atoms with E-state index in [2.05, 4.69) is 15.6 Å². The fourth-order valence-electron chi connectivity index (χ4n) is 1.10. The smallest absolute Gasteiger partial charge is 0.184 e. The van der Waals surface area contributed by atoms with E-state index in [0.717, 1.165) is 18.1 Å². The number of aromatic nitrogens is 1. The van der Waals surface area contributed by atoms with Crippen LogP contribution in [0.5, 0.6) is 5.75 Å². The molecule has 0 aliphatic carbocycles. The summed E-state index contributed by atoms with van der Waals surface area (Å²) in [5, 5.41) is 6.19. The predicted molar refractivity (Wildman–Crippen MR) is 58.9 cm³/mol. The van der Waals surface area contributed by atoms with Crippen molar-refractivity contribution in [1.82, 2.24) is 10.3 Å². The van der Waals surface area contributed by atoms with E-state index < -0.39 is 0 Å². The molecule has 2 N–H and O–H groups in total. The summed E-state index contributed by atoms with van der Waals surface area (Å²) in [4.78, 5) is 4.16. The summed E-state index contributed by atoms with van der Waals surface area (Å²) in [6.45, 7) is 2.83. The SMILES string of the molecule is CCNC(Nc1ccc(OC)cn1)OC. The zero-order valence-electron chi connectivity index (χ0n) is 9.28. The molecular formula is C10H17N3O2. The topological polar surface area (TPSA) is 55.4 Å². The van der Waals surface area contributed by atoms with Crippen molar-refractivity contribution in [2.75, 3.05) is 26.1 Å². The standard InChI is InChI=1S/C10H17N3O2/c1-4-11-10(15-3)13-9-6-5-8(14-2)7-12-9/h5-7,10-11H,4H2,1-3H3,(H,12,13). The lowest BCUT2D eigenvalue weighted by molar-refractivity contribution is 0.0981. The van der Waals surface area contributed by atoms with Crippen LogP contribution in [0.1, 0.15) is 6.92 Å².